The summed E-state index contributed by atoms with van der Waals surface area (Å²) in [5.74, 6) is 2.17. The first-order valence-corrected chi connectivity index (χ1v) is 10.6. The summed E-state index contributed by atoms with van der Waals surface area (Å²) in [6.45, 7) is 0. The van der Waals surface area contributed by atoms with Crippen molar-refractivity contribution in [3.63, 3.8) is 0 Å². The van der Waals surface area contributed by atoms with E-state index in [4.69, 9.17) is 15.5 Å². The molecule has 2 aliphatic rings. The van der Waals surface area contributed by atoms with Gasteiger partial charge in [0.2, 0.25) is 0 Å². The van der Waals surface area contributed by atoms with Crippen LogP contribution in [0.2, 0.25) is 0 Å². The molecule has 2 heterocycles. The van der Waals surface area contributed by atoms with Gasteiger partial charge < -0.3 is 15.8 Å². The third-order valence-electron chi connectivity index (χ3n) is 6.27. The van der Waals surface area contributed by atoms with Crippen LogP contribution in [0.3, 0.4) is 0 Å². The van der Waals surface area contributed by atoms with Crippen LogP contribution in [0.5, 0.6) is 5.75 Å². The topological polar surface area (TPSA) is 108 Å². The van der Waals surface area contributed by atoms with Crippen LogP contribution in [-0.4, -0.2) is 32.5 Å². The maximum atomic E-state index is 13.7. The fraction of sp³-hybridized carbons (Fsp3) is 0.455. The van der Waals surface area contributed by atoms with Crippen molar-refractivity contribution >= 4 is 28.6 Å². The van der Waals surface area contributed by atoms with Gasteiger partial charge in [0, 0.05) is 17.7 Å². The Labute approximate surface area is 174 Å². The van der Waals surface area contributed by atoms with Gasteiger partial charge in [-0.2, -0.15) is 0 Å². The monoisotopic (exact) mass is 406 g/mol. The maximum Gasteiger partial charge on any atom is 0.250 e. The number of fused-ring (bicyclic) bond motifs is 1. The summed E-state index contributed by atoms with van der Waals surface area (Å²) in [7, 11) is 1.61. The van der Waals surface area contributed by atoms with E-state index in [0.29, 0.717) is 34.3 Å². The number of nitrogens with two attached hydrogens (primary N) is 1. The molecule has 30 heavy (non-hydrogen) atoms. The highest BCUT2D eigenvalue weighted by atomic mass is 16.5. The molecule has 156 valence electrons. The molecule has 1 aromatic carbocycles. The van der Waals surface area contributed by atoms with Crippen molar-refractivity contribution in [3.05, 3.63) is 36.4 Å². The lowest BCUT2D eigenvalue weighted by molar-refractivity contribution is -0.126. The van der Waals surface area contributed by atoms with E-state index >= 15 is 0 Å². The largest absolute Gasteiger partial charge is 0.497 e. The van der Waals surface area contributed by atoms with E-state index < -0.39 is 5.54 Å². The quantitative estimate of drug-likeness (QED) is 0.670. The Hall–Kier alpha value is -3.16. The number of imidazole rings is 1. The molecule has 5 rings (SSSR count). The second kappa shape index (κ2) is 7.27. The number of nitrogen functional groups attached to an aromatic ring is 1. The highest BCUT2D eigenvalue weighted by Crippen LogP contribution is 2.41. The van der Waals surface area contributed by atoms with Crippen molar-refractivity contribution in [1.82, 2.24) is 19.5 Å². The van der Waals surface area contributed by atoms with Gasteiger partial charge in [0.15, 0.2) is 11.5 Å². The zero-order chi connectivity index (χ0) is 20.7. The number of ether oxygens (including phenoxy) is 1. The summed E-state index contributed by atoms with van der Waals surface area (Å²) >= 11 is 0. The molecule has 0 unspecified atom stereocenters. The van der Waals surface area contributed by atoms with Crippen LogP contribution in [0.1, 0.15) is 56.7 Å². The molecule has 3 aromatic rings. The number of amides is 1. The van der Waals surface area contributed by atoms with Crippen LogP contribution >= 0.6 is 0 Å². The number of nitrogens with zero attached hydrogens (tertiary/aromatic N) is 4. The first-order valence-electron chi connectivity index (χ1n) is 10.6. The van der Waals surface area contributed by atoms with Crippen LogP contribution in [-0.2, 0) is 10.3 Å². The summed E-state index contributed by atoms with van der Waals surface area (Å²) in [6, 6.07) is 7.42. The highest BCUT2D eigenvalue weighted by molar-refractivity contribution is 5.98. The van der Waals surface area contributed by atoms with Gasteiger partial charge in [-0.05, 0) is 37.8 Å². The van der Waals surface area contributed by atoms with E-state index in [1.54, 1.807) is 13.4 Å². The van der Waals surface area contributed by atoms with Crippen LogP contribution < -0.4 is 15.8 Å². The van der Waals surface area contributed by atoms with Gasteiger partial charge in [-0.15, -0.1) is 0 Å². The van der Waals surface area contributed by atoms with Crippen molar-refractivity contribution in [1.29, 1.82) is 0 Å². The molecule has 3 N–H and O–H groups in total. The number of carbonyl (C=O) groups is 1. The van der Waals surface area contributed by atoms with Crippen molar-refractivity contribution in [2.45, 2.75) is 56.4 Å². The minimum Gasteiger partial charge on any atom is -0.497 e. The number of anilines is 2. The fourth-order valence-electron chi connectivity index (χ4n) is 4.44. The summed E-state index contributed by atoms with van der Waals surface area (Å²) in [6.07, 6.45) is 8.41. The molecule has 2 saturated carbocycles. The number of methoxy groups -OCH3 is 1. The Morgan fingerprint density at radius 2 is 2.03 bits per heavy atom. The summed E-state index contributed by atoms with van der Waals surface area (Å²) in [5.41, 5.74) is 7.38. The molecule has 2 aromatic heterocycles. The standard InChI is InChI=1S/C22H26N6O2/c1-30-16-7-5-6-15(12-16)25-21(29)22(10-3-2-4-11-22)28-13-24-17-18(23)26-19(14-8-9-14)27-20(17)28/h5-7,12-14H,2-4,8-11H2,1H3,(H,25,29)(H2,23,26,27). The minimum atomic E-state index is -0.752. The highest BCUT2D eigenvalue weighted by Gasteiger charge is 2.43. The van der Waals surface area contributed by atoms with Crippen molar-refractivity contribution in [3.8, 4) is 5.75 Å². The lowest BCUT2D eigenvalue weighted by atomic mass is 9.80. The van der Waals surface area contributed by atoms with Gasteiger partial charge in [-0.25, -0.2) is 15.0 Å². The Bertz CT molecular complexity index is 1100. The molecule has 0 radical (unpaired) electrons. The smallest absolute Gasteiger partial charge is 0.250 e. The van der Waals surface area contributed by atoms with Crippen molar-refractivity contribution in [2.75, 3.05) is 18.2 Å². The molecule has 0 bridgehead atoms. The van der Waals surface area contributed by atoms with Gasteiger partial charge in [0.1, 0.15) is 22.6 Å². The number of hydrogen-bond donors (Lipinski definition) is 2. The Morgan fingerprint density at radius 3 is 2.77 bits per heavy atom. The average molecular weight is 406 g/mol. The maximum absolute atomic E-state index is 13.7. The fourth-order valence-corrected chi connectivity index (χ4v) is 4.44. The number of carbonyl (C=O) groups excluding carboxylic acids is 1. The number of rotatable bonds is 5. The van der Waals surface area contributed by atoms with Crippen LogP contribution in [0.15, 0.2) is 30.6 Å². The predicted molar refractivity (Wildman–Crippen MR) is 114 cm³/mol. The zero-order valence-electron chi connectivity index (χ0n) is 17.1. The SMILES string of the molecule is COc1cccc(NC(=O)C2(n3cnc4c(N)nc(C5CC5)nc43)CCCCC2)c1. The van der Waals surface area contributed by atoms with Gasteiger partial charge in [0.25, 0.3) is 5.91 Å². The molecular formula is C22H26N6O2. The van der Waals surface area contributed by atoms with E-state index in [1.807, 2.05) is 28.8 Å². The van der Waals surface area contributed by atoms with E-state index in [0.717, 1.165) is 50.8 Å². The molecule has 1 amide bonds. The van der Waals surface area contributed by atoms with Gasteiger partial charge in [-0.1, -0.05) is 25.3 Å². The number of benzene rings is 1. The summed E-state index contributed by atoms with van der Waals surface area (Å²) in [5, 5.41) is 3.10. The molecule has 2 fully saturated rings. The lowest BCUT2D eigenvalue weighted by Gasteiger charge is -2.37. The van der Waals surface area contributed by atoms with Crippen LogP contribution in [0.4, 0.5) is 11.5 Å². The van der Waals surface area contributed by atoms with Gasteiger partial charge in [-0.3, -0.25) is 9.36 Å². The molecule has 0 atom stereocenters. The lowest BCUT2D eigenvalue weighted by Crippen LogP contribution is -2.47. The second-order valence-electron chi connectivity index (χ2n) is 8.31. The van der Waals surface area contributed by atoms with E-state index in [9.17, 15) is 4.79 Å². The predicted octanol–water partition coefficient (Wildman–Crippen LogP) is 3.59. The molecule has 8 heteroatoms. The van der Waals surface area contributed by atoms with Gasteiger partial charge in [0.05, 0.1) is 13.4 Å². The molecule has 0 aliphatic heterocycles. The average Bonchev–Trinajstić information content (AvgIpc) is 3.53. The van der Waals surface area contributed by atoms with Crippen molar-refractivity contribution in [2.24, 2.45) is 0 Å². The molecular weight excluding hydrogens is 380 g/mol. The van der Waals surface area contributed by atoms with Crippen molar-refractivity contribution < 1.29 is 9.53 Å². The van der Waals surface area contributed by atoms with Gasteiger partial charge >= 0.3 is 0 Å². The normalized spacial score (nSPS) is 18.3. The van der Waals surface area contributed by atoms with E-state index in [2.05, 4.69) is 15.3 Å². The third-order valence-corrected chi connectivity index (χ3v) is 6.27. The summed E-state index contributed by atoms with van der Waals surface area (Å²) in [4.78, 5) is 27.4. The zero-order valence-corrected chi connectivity index (χ0v) is 17.1. The van der Waals surface area contributed by atoms with E-state index in [1.165, 1.54) is 0 Å². The van der Waals surface area contributed by atoms with E-state index in [-0.39, 0.29) is 5.91 Å². The number of aromatic nitrogens is 4. The second-order valence-corrected chi connectivity index (χ2v) is 8.31. The summed E-state index contributed by atoms with van der Waals surface area (Å²) < 4.78 is 7.24. The Kier molecular flexibility index (Phi) is 4.56. The number of hydrogen-bond acceptors (Lipinski definition) is 6. The van der Waals surface area contributed by atoms with Crippen LogP contribution in [0.25, 0.3) is 11.2 Å². The number of nitrogens with one attached hydrogen (secondary N) is 1. The third kappa shape index (κ3) is 3.16. The molecule has 0 spiro atoms. The Balaban J connectivity index is 1.57. The van der Waals surface area contributed by atoms with Crippen LogP contribution in [0, 0.1) is 0 Å². The molecule has 0 saturated heterocycles. The minimum absolute atomic E-state index is 0.0556. The first kappa shape index (κ1) is 18.8. The Morgan fingerprint density at radius 1 is 1.23 bits per heavy atom. The first-order chi connectivity index (χ1) is 14.6. The molecule has 2 aliphatic carbocycles. The molecule has 8 nitrogen and oxygen atoms in total.